The van der Waals surface area contributed by atoms with Crippen LogP contribution < -0.4 is 0 Å². The Balaban J connectivity index is 1.85. The molecule has 2 atom stereocenters. The zero-order valence-corrected chi connectivity index (χ0v) is 10.2. The maximum absolute atomic E-state index is 9.63. The van der Waals surface area contributed by atoms with Gasteiger partial charge in [0.15, 0.2) is 0 Å². The molecule has 2 aliphatic heterocycles. The number of hydrogen-bond donors (Lipinski definition) is 1. The first-order chi connectivity index (χ1) is 7.84. The van der Waals surface area contributed by atoms with Gasteiger partial charge in [-0.3, -0.25) is 0 Å². The molecule has 4 heteroatoms. The van der Waals surface area contributed by atoms with E-state index in [4.69, 9.17) is 0 Å². The van der Waals surface area contributed by atoms with Crippen LogP contribution in [0.15, 0.2) is 6.20 Å². The molecule has 1 aromatic rings. The molecule has 3 heterocycles. The maximum Gasteiger partial charge on any atom is 0.112 e. The second-order valence-corrected chi connectivity index (χ2v) is 5.97. The molecule has 1 saturated heterocycles. The third-order valence-electron chi connectivity index (χ3n) is 3.63. The van der Waals surface area contributed by atoms with E-state index in [0.717, 1.165) is 19.4 Å². The molecule has 0 bridgehead atoms. The molecular formula is C12H18N2OS. The summed E-state index contributed by atoms with van der Waals surface area (Å²) >= 11 is 2.05. The Morgan fingerprint density at radius 2 is 2.38 bits per heavy atom. The summed E-state index contributed by atoms with van der Waals surface area (Å²) in [5, 5.41) is 9.63. The van der Waals surface area contributed by atoms with Crippen molar-refractivity contribution in [2.24, 2.45) is 0 Å². The summed E-state index contributed by atoms with van der Waals surface area (Å²) in [5.41, 5.74) is 1.23. The number of imidazole rings is 1. The van der Waals surface area contributed by atoms with Crippen molar-refractivity contribution in [2.45, 2.75) is 44.2 Å². The molecule has 0 aliphatic carbocycles. The van der Waals surface area contributed by atoms with Gasteiger partial charge in [0.05, 0.1) is 6.10 Å². The SMILES string of the molecule is OC1CCn2c(cnc2C2CCCSC2)C1. The molecule has 1 aromatic heterocycles. The van der Waals surface area contributed by atoms with Crippen molar-refractivity contribution in [3.8, 4) is 0 Å². The van der Waals surface area contributed by atoms with E-state index in [0.29, 0.717) is 5.92 Å². The van der Waals surface area contributed by atoms with E-state index in [-0.39, 0.29) is 6.10 Å². The predicted octanol–water partition coefficient (Wildman–Crippen LogP) is 1.80. The highest BCUT2D eigenvalue weighted by molar-refractivity contribution is 7.99. The lowest BCUT2D eigenvalue weighted by Crippen LogP contribution is -2.25. The van der Waals surface area contributed by atoms with E-state index in [1.165, 1.54) is 35.9 Å². The van der Waals surface area contributed by atoms with Crippen molar-refractivity contribution in [1.82, 2.24) is 9.55 Å². The van der Waals surface area contributed by atoms with Gasteiger partial charge in [0, 0.05) is 36.5 Å². The van der Waals surface area contributed by atoms with Crippen LogP contribution in [0.5, 0.6) is 0 Å². The average Bonchev–Trinajstić information content (AvgIpc) is 2.73. The first-order valence-corrected chi connectivity index (χ1v) is 7.30. The number of nitrogens with zero attached hydrogens (tertiary/aromatic N) is 2. The lowest BCUT2D eigenvalue weighted by molar-refractivity contribution is 0.142. The van der Waals surface area contributed by atoms with Crippen molar-refractivity contribution in [2.75, 3.05) is 11.5 Å². The highest BCUT2D eigenvalue weighted by atomic mass is 32.2. The molecule has 88 valence electrons. The summed E-state index contributed by atoms with van der Waals surface area (Å²) in [5.74, 6) is 4.44. The highest BCUT2D eigenvalue weighted by Gasteiger charge is 2.25. The predicted molar refractivity (Wildman–Crippen MR) is 65.9 cm³/mol. The Bertz CT molecular complexity index is 371. The van der Waals surface area contributed by atoms with Gasteiger partial charge < -0.3 is 9.67 Å². The topological polar surface area (TPSA) is 38.0 Å². The summed E-state index contributed by atoms with van der Waals surface area (Å²) in [6, 6.07) is 0. The van der Waals surface area contributed by atoms with E-state index in [9.17, 15) is 5.11 Å². The van der Waals surface area contributed by atoms with E-state index < -0.39 is 0 Å². The van der Waals surface area contributed by atoms with Crippen molar-refractivity contribution < 1.29 is 5.11 Å². The van der Waals surface area contributed by atoms with Crippen LogP contribution in [0.4, 0.5) is 0 Å². The van der Waals surface area contributed by atoms with Crippen molar-refractivity contribution in [3.05, 3.63) is 17.7 Å². The lowest BCUT2D eigenvalue weighted by Gasteiger charge is -2.26. The zero-order valence-electron chi connectivity index (χ0n) is 9.43. The minimum absolute atomic E-state index is 0.155. The summed E-state index contributed by atoms with van der Waals surface area (Å²) in [7, 11) is 0. The molecule has 1 fully saturated rings. The van der Waals surface area contributed by atoms with E-state index in [1.807, 2.05) is 18.0 Å². The number of aromatic nitrogens is 2. The summed E-state index contributed by atoms with van der Waals surface area (Å²) in [6.07, 6.45) is 6.09. The average molecular weight is 238 g/mol. The van der Waals surface area contributed by atoms with Gasteiger partial charge in [-0.1, -0.05) is 0 Å². The highest BCUT2D eigenvalue weighted by Crippen LogP contribution is 2.32. The summed E-state index contributed by atoms with van der Waals surface area (Å²) < 4.78 is 2.35. The van der Waals surface area contributed by atoms with Crippen molar-refractivity contribution in [3.63, 3.8) is 0 Å². The largest absolute Gasteiger partial charge is 0.393 e. The number of thioether (sulfide) groups is 1. The van der Waals surface area contributed by atoms with Gasteiger partial charge in [0.2, 0.25) is 0 Å². The fraction of sp³-hybridized carbons (Fsp3) is 0.750. The Hall–Kier alpha value is -0.480. The number of rotatable bonds is 1. The quantitative estimate of drug-likeness (QED) is 0.811. The van der Waals surface area contributed by atoms with E-state index in [2.05, 4.69) is 9.55 Å². The van der Waals surface area contributed by atoms with Crippen LogP contribution in [0.3, 0.4) is 0 Å². The minimum Gasteiger partial charge on any atom is -0.393 e. The monoisotopic (exact) mass is 238 g/mol. The van der Waals surface area contributed by atoms with Crippen LogP contribution >= 0.6 is 11.8 Å². The third kappa shape index (κ3) is 1.89. The Morgan fingerprint density at radius 1 is 1.44 bits per heavy atom. The van der Waals surface area contributed by atoms with Gasteiger partial charge in [0.1, 0.15) is 5.82 Å². The van der Waals surface area contributed by atoms with Crippen LogP contribution in [0.25, 0.3) is 0 Å². The lowest BCUT2D eigenvalue weighted by atomic mass is 10.0. The molecule has 0 spiro atoms. The van der Waals surface area contributed by atoms with Crippen LogP contribution in [0.2, 0.25) is 0 Å². The Morgan fingerprint density at radius 3 is 3.19 bits per heavy atom. The molecule has 0 aromatic carbocycles. The Kier molecular flexibility index (Phi) is 2.94. The van der Waals surface area contributed by atoms with Gasteiger partial charge in [-0.15, -0.1) is 0 Å². The van der Waals surface area contributed by atoms with Gasteiger partial charge >= 0.3 is 0 Å². The molecule has 2 aliphatic rings. The maximum atomic E-state index is 9.63. The summed E-state index contributed by atoms with van der Waals surface area (Å²) in [4.78, 5) is 4.59. The number of aliphatic hydroxyl groups is 1. The van der Waals surface area contributed by atoms with Crippen molar-refractivity contribution in [1.29, 1.82) is 0 Å². The van der Waals surface area contributed by atoms with E-state index in [1.54, 1.807) is 0 Å². The molecule has 2 unspecified atom stereocenters. The second-order valence-electron chi connectivity index (χ2n) is 4.82. The van der Waals surface area contributed by atoms with Gasteiger partial charge in [0.25, 0.3) is 0 Å². The molecule has 3 nitrogen and oxygen atoms in total. The van der Waals surface area contributed by atoms with Crippen LogP contribution in [-0.2, 0) is 13.0 Å². The molecule has 3 rings (SSSR count). The van der Waals surface area contributed by atoms with E-state index >= 15 is 0 Å². The molecule has 0 saturated carbocycles. The van der Waals surface area contributed by atoms with Crippen LogP contribution in [0, 0.1) is 0 Å². The fourth-order valence-electron chi connectivity index (χ4n) is 2.74. The molecule has 16 heavy (non-hydrogen) atoms. The zero-order chi connectivity index (χ0) is 11.0. The smallest absolute Gasteiger partial charge is 0.112 e. The van der Waals surface area contributed by atoms with Crippen LogP contribution in [-0.4, -0.2) is 32.3 Å². The standard InChI is InChI=1S/C12H18N2OS/c15-11-3-4-14-10(6-11)7-13-12(14)9-2-1-5-16-8-9/h7,9,11,15H,1-6,8H2. The van der Waals surface area contributed by atoms with Gasteiger partial charge in [-0.25, -0.2) is 4.98 Å². The molecule has 0 amide bonds. The Labute approximate surface area is 100 Å². The van der Waals surface area contributed by atoms with Crippen LogP contribution in [0.1, 0.15) is 36.7 Å². The molecular weight excluding hydrogens is 220 g/mol. The normalized spacial score (nSPS) is 30.1. The number of hydrogen-bond acceptors (Lipinski definition) is 3. The molecule has 1 N–H and O–H groups in total. The first kappa shape index (κ1) is 10.7. The summed E-state index contributed by atoms with van der Waals surface area (Å²) in [6.45, 7) is 0.951. The van der Waals surface area contributed by atoms with Gasteiger partial charge in [-0.2, -0.15) is 11.8 Å². The van der Waals surface area contributed by atoms with Crippen molar-refractivity contribution >= 4 is 11.8 Å². The number of fused-ring (bicyclic) bond motifs is 1. The second kappa shape index (κ2) is 4.41. The third-order valence-corrected chi connectivity index (χ3v) is 4.84. The first-order valence-electron chi connectivity index (χ1n) is 6.14. The van der Waals surface area contributed by atoms with Gasteiger partial charge in [-0.05, 0) is 25.0 Å². The fourth-order valence-corrected chi connectivity index (χ4v) is 3.88. The molecule has 0 radical (unpaired) electrons. The minimum atomic E-state index is -0.155. The number of aliphatic hydroxyl groups excluding tert-OH is 1.